The highest BCUT2D eigenvalue weighted by Gasteiger charge is 2.48. The summed E-state index contributed by atoms with van der Waals surface area (Å²) in [6.07, 6.45) is 1.94. The smallest absolute Gasteiger partial charge is 0.291 e. The molecule has 2 aromatic carbocycles. The van der Waals surface area contributed by atoms with Gasteiger partial charge in [-0.25, -0.2) is 8.42 Å². The SMILES string of the molecule is C=CCOc1cccc(C2c3c(oc4c(C)cc(C)cc4c3=O)C(=O)N2C2CCS(=O)(=O)C2)c1. The van der Waals surface area contributed by atoms with E-state index in [1.165, 1.54) is 4.90 Å². The fourth-order valence-corrected chi connectivity index (χ4v) is 6.78. The molecule has 2 atom stereocenters. The van der Waals surface area contributed by atoms with Crippen LogP contribution in [0.4, 0.5) is 0 Å². The number of hydrogen-bond donors (Lipinski definition) is 0. The van der Waals surface area contributed by atoms with Crippen molar-refractivity contribution in [3.05, 3.63) is 87.3 Å². The Hall–Kier alpha value is -3.39. The third kappa shape index (κ3) is 3.62. The number of aryl methyl sites for hydroxylation is 2. The van der Waals surface area contributed by atoms with Gasteiger partial charge in [-0.2, -0.15) is 0 Å². The van der Waals surface area contributed by atoms with E-state index in [-0.39, 0.29) is 28.3 Å². The molecule has 2 unspecified atom stereocenters. The van der Waals surface area contributed by atoms with Gasteiger partial charge in [-0.15, -0.1) is 0 Å². The summed E-state index contributed by atoms with van der Waals surface area (Å²) < 4.78 is 36.3. The van der Waals surface area contributed by atoms with Crippen molar-refractivity contribution in [2.24, 2.45) is 0 Å². The van der Waals surface area contributed by atoms with Crippen LogP contribution in [0.1, 0.15) is 45.3 Å². The second-order valence-corrected chi connectivity index (χ2v) is 11.2. The lowest BCUT2D eigenvalue weighted by molar-refractivity contribution is 0.0662. The maximum Gasteiger partial charge on any atom is 0.291 e. The zero-order valence-electron chi connectivity index (χ0n) is 19.0. The van der Waals surface area contributed by atoms with Gasteiger partial charge in [0.25, 0.3) is 5.91 Å². The van der Waals surface area contributed by atoms with Gasteiger partial charge in [0, 0.05) is 6.04 Å². The Morgan fingerprint density at radius 2 is 2.00 bits per heavy atom. The molecule has 2 aliphatic rings. The van der Waals surface area contributed by atoms with Crippen LogP contribution in [0.3, 0.4) is 0 Å². The molecular weight excluding hydrogens is 454 g/mol. The third-order valence-corrected chi connectivity index (χ3v) is 8.23. The molecule has 34 heavy (non-hydrogen) atoms. The van der Waals surface area contributed by atoms with E-state index in [4.69, 9.17) is 9.15 Å². The zero-order chi connectivity index (χ0) is 24.2. The Labute approximate surface area is 197 Å². The van der Waals surface area contributed by atoms with Gasteiger partial charge >= 0.3 is 0 Å². The van der Waals surface area contributed by atoms with Crippen LogP contribution < -0.4 is 10.2 Å². The summed E-state index contributed by atoms with van der Waals surface area (Å²) in [5, 5.41) is 0.411. The number of carbonyl (C=O) groups is 1. The normalized spacial score (nSPS) is 21.1. The van der Waals surface area contributed by atoms with Gasteiger partial charge in [-0.1, -0.05) is 30.9 Å². The van der Waals surface area contributed by atoms with Gasteiger partial charge in [-0.05, 0) is 55.2 Å². The summed E-state index contributed by atoms with van der Waals surface area (Å²) in [5.74, 6) is -0.0417. The minimum Gasteiger partial charge on any atom is -0.490 e. The molecular formula is C26H25NO6S. The lowest BCUT2D eigenvalue weighted by Crippen LogP contribution is -2.40. The summed E-state index contributed by atoms with van der Waals surface area (Å²) in [5.41, 5.74) is 2.69. The number of sulfone groups is 1. The molecule has 176 valence electrons. The predicted octanol–water partition coefficient (Wildman–Crippen LogP) is 3.71. The van der Waals surface area contributed by atoms with Gasteiger partial charge in [-0.3, -0.25) is 9.59 Å². The minimum atomic E-state index is -3.27. The van der Waals surface area contributed by atoms with E-state index in [2.05, 4.69) is 6.58 Å². The number of hydrogen-bond acceptors (Lipinski definition) is 6. The van der Waals surface area contributed by atoms with Crippen molar-refractivity contribution >= 4 is 26.7 Å². The van der Waals surface area contributed by atoms with E-state index in [0.29, 0.717) is 35.3 Å². The summed E-state index contributed by atoms with van der Waals surface area (Å²) >= 11 is 0. The van der Waals surface area contributed by atoms with E-state index in [0.717, 1.165) is 11.1 Å². The molecule has 0 radical (unpaired) electrons. The second kappa shape index (κ2) is 8.13. The fourth-order valence-electron chi connectivity index (χ4n) is 5.07. The van der Waals surface area contributed by atoms with Gasteiger partial charge in [0.15, 0.2) is 15.3 Å². The number of benzene rings is 2. The van der Waals surface area contributed by atoms with Crippen molar-refractivity contribution in [2.75, 3.05) is 18.1 Å². The highest BCUT2D eigenvalue weighted by molar-refractivity contribution is 7.91. The van der Waals surface area contributed by atoms with Crippen LogP contribution in [0.15, 0.2) is 58.3 Å². The van der Waals surface area contributed by atoms with Gasteiger partial charge in [0.2, 0.25) is 5.76 Å². The molecule has 0 saturated carbocycles. The lowest BCUT2D eigenvalue weighted by atomic mass is 9.96. The first-order chi connectivity index (χ1) is 16.2. The van der Waals surface area contributed by atoms with Gasteiger partial charge in [0.1, 0.15) is 17.9 Å². The first kappa shape index (κ1) is 22.4. The first-order valence-corrected chi connectivity index (χ1v) is 13.0. The highest BCUT2D eigenvalue weighted by atomic mass is 32.2. The highest BCUT2D eigenvalue weighted by Crippen LogP contribution is 2.42. The van der Waals surface area contributed by atoms with Crippen LogP contribution >= 0.6 is 0 Å². The largest absolute Gasteiger partial charge is 0.490 e. The van der Waals surface area contributed by atoms with Crippen LogP contribution in [-0.2, 0) is 9.84 Å². The van der Waals surface area contributed by atoms with Gasteiger partial charge in [0.05, 0.1) is 28.5 Å². The van der Waals surface area contributed by atoms with Gasteiger partial charge < -0.3 is 14.1 Å². The molecule has 3 aromatic rings. The summed E-state index contributed by atoms with van der Waals surface area (Å²) in [6.45, 7) is 7.70. The van der Waals surface area contributed by atoms with Crippen LogP contribution in [0.5, 0.6) is 5.75 Å². The second-order valence-electron chi connectivity index (χ2n) is 8.98. The van der Waals surface area contributed by atoms with Crippen molar-refractivity contribution in [3.8, 4) is 5.75 Å². The molecule has 1 fully saturated rings. The number of rotatable bonds is 5. The Kier molecular flexibility index (Phi) is 5.36. The van der Waals surface area contributed by atoms with Crippen LogP contribution in [-0.4, -0.2) is 43.4 Å². The monoisotopic (exact) mass is 479 g/mol. The average molecular weight is 480 g/mol. The third-order valence-electron chi connectivity index (χ3n) is 6.48. The lowest BCUT2D eigenvalue weighted by Gasteiger charge is -2.30. The number of fused-ring (bicyclic) bond motifs is 2. The molecule has 1 aromatic heterocycles. The predicted molar refractivity (Wildman–Crippen MR) is 129 cm³/mol. The molecule has 1 amide bonds. The van der Waals surface area contributed by atoms with Crippen molar-refractivity contribution in [1.82, 2.24) is 4.90 Å². The van der Waals surface area contributed by atoms with Crippen molar-refractivity contribution in [1.29, 1.82) is 0 Å². The number of nitrogens with zero attached hydrogens (tertiary/aromatic N) is 1. The molecule has 0 bridgehead atoms. The number of ether oxygens (including phenoxy) is 1. The summed E-state index contributed by atoms with van der Waals surface area (Å²) in [7, 11) is -3.27. The maximum atomic E-state index is 13.8. The Morgan fingerprint density at radius 3 is 2.71 bits per heavy atom. The molecule has 0 aliphatic carbocycles. The van der Waals surface area contributed by atoms with E-state index < -0.39 is 27.8 Å². The van der Waals surface area contributed by atoms with Crippen LogP contribution in [0.25, 0.3) is 11.0 Å². The molecule has 5 rings (SSSR count). The van der Waals surface area contributed by atoms with Crippen LogP contribution in [0, 0.1) is 13.8 Å². The molecule has 3 heterocycles. The molecule has 1 saturated heterocycles. The van der Waals surface area contributed by atoms with Crippen LogP contribution in [0.2, 0.25) is 0 Å². The van der Waals surface area contributed by atoms with E-state index in [1.807, 2.05) is 26.0 Å². The molecule has 8 heteroatoms. The quantitative estimate of drug-likeness (QED) is 0.518. The van der Waals surface area contributed by atoms with Crippen molar-refractivity contribution in [3.63, 3.8) is 0 Å². The first-order valence-electron chi connectivity index (χ1n) is 11.1. The zero-order valence-corrected chi connectivity index (χ0v) is 19.9. The van der Waals surface area contributed by atoms with E-state index in [1.54, 1.807) is 30.3 Å². The Bertz CT molecular complexity index is 1500. The summed E-state index contributed by atoms with van der Waals surface area (Å²) in [6, 6.07) is 9.51. The molecule has 0 spiro atoms. The number of carbonyl (C=O) groups excluding carboxylic acids is 1. The summed E-state index contributed by atoms with van der Waals surface area (Å²) in [4.78, 5) is 29.0. The Morgan fingerprint density at radius 1 is 1.21 bits per heavy atom. The average Bonchev–Trinajstić information content (AvgIpc) is 3.29. The topological polar surface area (TPSA) is 93.9 Å². The Balaban J connectivity index is 1.75. The van der Waals surface area contributed by atoms with Crippen molar-refractivity contribution < 1.29 is 22.4 Å². The number of amides is 1. The fraction of sp³-hybridized carbons (Fsp3) is 0.308. The molecule has 0 N–H and O–H groups in total. The molecule has 2 aliphatic heterocycles. The molecule has 7 nitrogen and oxygen atoms in total. The van der Waals surface area contributed by atoms with E-state index >= 15 is 0 Å². The standard InChI is InChI=1S/C26H25NO6S/c1-4-9-32-19-7-5-6-17(13-19)22-21-23(28)20-12-15(2)11-16(3)24(20)33-25(21)26(29)27(22)18-8-10-34(30,31)14-18/h4-7,11-13,18,22H,1,8-10,14H2,2-3H3. The minimum absolute atomic E-state index is 0.00858. The van der Waals surface area contributed by atoms with Crippen molar-refractivity contribution in [2.45, 2.75) is 32.4 Å². The van der Waals surface area contributed by atoms with E-state index in [9.17, 15) is 18.0 Å². The maximum absolute atomic E-state index is 13.8.